The Morgan fingerprint density at radius 2 is 1.59 bits per heavy atom. The number of hydrogen-bond acceptors (Lipinski definition) is 6. The van der Waals surface area contributed by atoms with Gasteiger partial charge < -0.3 is 9.47 Å². The molecule has 0 bridgehead atoms. The Hall–Kier alpha value is -3.19. The molecule has 7 heteroatoms. The predicted octanol–water partition coefficient (Wildman–Crippen LogP) is 2.66. The molecular formula is C25H26N2O5. The van der Waals surface area contributed by atoms with Gasteiger partial charge in [0, 0.05) is 13.1 Å². The van der Waals surface area contributed by atoms with Crippen molar-refractivity contribution in [2.45, 2.75) is 24.4 Å². The van der Waals surface area contributed by atoms with Crippen LogP contribution >= 0.6 is 0 Å². The molecule has 3 saturated heterocycles. The molecule has 3 aliphatic heterocycles. The second kappa shape index (κ2) is 7.45. The Morgan fingerprint density at radius 3 is 2.19 bits per heavy atom. The summed E-state index contributed by atoms with van der Waals surface area (Å²) in [5, 5.41) is 0. The molecule has 3 unspecified atom stereocenters. The highest BCUT2D eigenvalue weighted by Gasteiger charge is 2.72. The average Bonchev–Trinajstić information content (AvgIpc) is 3.44. The van der Waals surface area contributed by atoms with Crippen LogP contribution in [-0.4, -0.2) is 60.9 Å². The van der Waals surface area contributed by atoms with Crippen LogP contribution in [0, 0.1) is 11.8 Å². The number of hydrogen-bond donors (Lipinski definition) is 0. The van der Waals surface area contributed by atoms with Crippen LogP contribution in [0.2, 0.25) is 0 Å². The van der Waals surface area contributed by atoms with Crippen LogP contribution in [0.25, 0.3) is 11.1 Å². The molecule has 0 radical (unpaired) electrons. The molecule has 0 N–H and O–H groups in total. The SMILES string of the molecule is COC(=O)[C@@]12CCCN1C(c1ccc(-c3ccc(OC)cc3)cc1)C1C(=O)N(C)C(=O)C12. The summed E-state index contributed by atoms with van der Waals surface area (Å²) in [7, 11) is 4.50. The minimum atomic E-state index is -1.07. The Balaban J connectivity index is 1.55. The first-order valence-electron chi connectivity index (χ1n) is 10.8. The van der Waals surface area contributed by atoms with Crippen molar-refractivity contribution in [3.05, 3.63) is 54.1 Å². The van der Waals surface area contributed by atoms with Gasteiger partial charge >= 0.3 is 5.97 Å². The molecule has 0 spiro atoms. The van der Waals surface area contributed by atoms with Gasteiger partial charge in [-0.3, -0.25) is 24.2 Å². The highest BCUT2D eigenvalue weighted by molar-refractivity contribution is 6.09. The van der Waals surface area contributed by atoms with E-state index < -0.39 is 23.3 Å². The van der Waals surface area contributed by atoms with E-state index in [-0.39, 0.29) is 17.9 Å². The van der Waals surface area contributed by atoms with Crippen LogP contribution in [0.1, 0.15) is 24.4 Å². The van der Waals surface area contributed by atoms with E-state index in [1.807, 2.05) is 48.5 Å². The van der Waals surface area contributed by atoms with Gasteiger partial charge in [0.1, 0.15) is 11.3 Å². The van der Waals surface area contributed by atoms with Crippen LogP contribution in [-0.2, 0) is 19.1 Å². The minimum Gasteiger partial charge on any atom is -0.497 e. The largest absolute Gasteiger partial charge is 0.497 e. The zero-order valence-electron chi connectivity index (χ0n) is 18.4. The molecule has 2 amide bonds. The van der Waals surface area contributed by atoms with Crippen molar-refractivity contribution in [3.63, 3.8) is 0 Å². The fourth-order valence-corrected chi connectivity index (χ4v) is 6.00. The van der Waals surface area contributed by atoms with Gasteiger partial charge in [-0.05, 0) is 48.2 Å². The van der Waals surface area contributed by atoms with Gasteiger partial charge in [-0.25, -0.2) is 0 Å². The Labute approximate surface area is 186 Å². The Bertz CT molecular complexity index is 1080. The van der Waals surface area contributed by atoms with Crippen molar-refractivity contribution in [3.8, 4) is 16.9 Å². The number of carbonyl (C=O) groups is 3. The molecule has 0 saturated carbocycles. The molecule has 32 heavy (non-hydrogen) atoms. The summed E-state index contributed by atoms with van der Waals surface area (Å²) in [6.07, 6.45) is 1.30. The highest BCUT2D eigenvalue weighted by atomic mass is 16.5. The number of methoxy groups -OCH3 is 2. The van der Waals surface area contributed by atoms with Crippen LogP contribution < -0.4 is 4.74 Å². The van der Waals surface area contributed by atoms with E-state index in [0.717, 1.165) is 28.9 Å². The fraction of sp³-hybridized carbons (Fsp3) is 0.400. The van der Waals surface area contributed by atoms with E-state index >= 15 is 0 Å². The van der Waals surface area contributed by atoms with Crippen molar-refractivity contribution in [1.29, 1.82) is 0 Å². The van der Waals surface area contributed by atoms with E-state index in [4.69, 9.17) is 9.47 Å². The maximum atomic E-state index is 13.1. The van der Waals surface area contributed by atoms with Gasteiger partial charge in [0.05, 0.1) is 26.1 Å². The van der Waals surface area contributed by atoms with E-state index in [0.29, 0.717) is 13.0 Å². The summed E-state index contributed by atoms with van der Waals surface area (Å²) in [5.74, 6) is -1.42. The van der Waals surface area contributed by atoms with Crippen LogP contribution in [0.15, 0.2) is 48.5 Å². The normalized spacial score (nSPS) is 29.2. The summed E-state index contributed by atoms with van der Waals surface area (Å²) in [6.45, 7) is 0.650. The lowest BCUT2D eigenvalue weighted by molar-refractivity contribution is -0.158. The molecule has 0 aromatic heterocycles. The Morgan fingerprint density at radius 1 is 0.969 bits per heavy atom. The standard InChI is InChI=1S/C25H26N2O5/c1-26-22(28)19-20(23(26)29)25(24(30)32-3)13-4-14-27(25)21(19)17-7-5-15(6-8-17)16-9-11-18(31-2)12-10-16/h5-12,19-21H,4,13-14H2,1-3H3/t19?,20?,21?,25-/m0/s1. The molecule has 5 rings (SSSR count). The molecule has 0 aliphatic carbocycles. The molecule has 2 aromatic rings. The molecule has 3 fully saturated rings. The number of benzene rings is 2. The first-order valence-corrected chi connectivity index (χ1v) is 10.8. The third-order valence-corrected chi connectivity index (χ3v) is 7.45. The van der Waals surface area contributed by atoms with Crippen molar-refractivity contribution >= 4 is 17.8 Å². The summed E-state index contributed by atoms with van der Waals surface area (Å²) in [6, 6.07) is 15.5. The monoisotopic (exact) mass is 434 g/mol. The number of ether oxygens (including phenoxy) is 2. The second-order valence-electron chi connectivity index (χ2n) is 8.75. The van der Waals surface area contributed by atoms with Crippen molar-refractivity contribution in [1.82, 2.24) is 9.80 Å². The lowest BCUT2D eigenvalue weighted by atomic mass is 9.77. The van der Waals surface area contributed by atoms with Gasteiger partial charge in [0.15, 0.2) is 0 Å². The smallest absolute Gasteiger partial charge is 0.327 e. The lowest BCUT2D eigenvalue weighted by Gasteiger charge is -2.35. The first-order chi connectivity index (χ1) is 15.4. The minimum absolute atomic E-state index is 0.220. The van der Waals surface area contributed by atoms with Crippen molar-refractivity contribution < 1.29 is 23.9 Å². The molecule has 7 nitrogen and oxygen atoms in total. The number of fused-ring (bicyclic) bond motifs is 3. The average molecular weight is 434 g/mol. The second-order valence-corrected chi connectivity index (χ2v) is 8.75. The summed E-state index contributed by atoms with van der Waals surface area (Å²) in [5.41, 5.74) is 1.95. The van der Waals surface area contributed by atoms with Crippen molar-refractivity contribution in [2.75, 3.05) is 27.8 Å². The number of carbonyl (C=O) groups excluding carboxylic acids is 3. The maximum Gasteiger partial charge on any atom is 0.327 e. The molecule has 3 heterocycles. The van der Waals surface area contributed by atoms with Gasteiger partial charge in [0.25, 0.3) is 0 Å². The molecular weight excluding hydrogens is 408 g/mol. The Kier molecular flexibility index (Phi) is 4.82. The van der Waals surface area contributed by atoms with Gasteiger partial charge in [0.2, 0.25) is 11.8 Å². The number of likely N-dealkylation sites (tertiary alicyclic amines) is 1. The van der Waals surface area contributed by atoms with Gasteiger partial charge in [-0.1, -0.05) is 36.4 Å². The van der Waals surface area contributed by atoms with Gasteiger partial charge in [-0.15, -0.1) is 0 Å². The molecule has 3 aliphatic rings. The third-order valence-electron chi connectivity index (χ3n) is 7.45. The zero-order chi connectivity index (χ0) is 22.6. The van der Waals surface area contributed by atoms with Crippen LogP contribution in [0.5, 0.6) is 5.75 Å². The number of amides is 2. The summed E-state index contributed by atoms with van der Waals surface area (Å²) in [4.78, 5) is 42.5. The first kappa shape index (κ1) is 20.7. The maximum absolute atomic E-state index is 13.1. The van der Waals surface area contributed by atoms with Crippen LogP contribution in [0.3, 0.4) is 0 Å². The number of nitrogens with zero attached hydrogens (tertiary/aromatic N) is 2. The van der Waals surface area contributed by atoms with E-state index in [1.165, 1.54) is 19.1 Å². The number of imide groups is 1. The number of rotatable bonds is 4. The molecule has 2 aromatic carbocycles. The van der Waals surface area contributed by atoms with Crippen molar-refractivity contribution in [2.24, 2.45) is 11.8 Å². The summed E-state index contributed by atoms with van der Waals surface area (Å²) >= 11 is 0. The van der Waals surface area contributed by atoms with E-state index in [1.54, 1.807) is 7.11 Å². The third kappa shape index (κ3) is 2.67. The predicted molar refractivity (Wildman–Crippen MR) is 117 cm³/mol. The van der Waals surface area contributed by atoms with E-state index in [9.17, 15) is 14.4 Å². The van der Waals surface area contributed by atoms with Gasteiger partial charge in [-0.2, -0.15) is 0 Å². The number of esters is 1. The lowest BCUT2D eigenvalue weighted by Crippen LogP contribution is -2.54. The highest BCUT2D eigenvalue weighted by Crippen LogP contribution is 2.59. The summed E-state index contributed by atoms with van der Waals surface area (Å²) < 4.78 is 10.4. The quantitative estimate of drug-likeness (QED) is 0.544. The van der Waals surface area contributed by atoms with E-state index in [2.05, 4.69) is 4.90 Å². The van der Waals surface area contributed by atoms with Crippen LogP contribution in [0.4, 0.5) is 0 Å². The fourth-order valence-electron chi connectivity index (χ4n) is 6.00. The molecule has 166 valence electrons. The zero-order valence-corrected chi connectivity index (χ0v) is 18.4. The topological polar surface area (TPSA) is 76.2 Å². The molecule has 4 atom stereocenters.